The van der Waals surface area contributed by atoms with Gasteiger partial charge < -0.3 is 10.7 Å². The fourth-order valence-electron chi connectivity index (χ4n) is 1.73. The molecule has 2 heterocycles. The lowest BCUT2D eigenvalue weighted by atomic mass is 10.1. The fourth-order valence-corrected chi connectivity index (χ4v) is 3.02. The summed E-state index contributed by atoms with van der Waals surface area (Å²) in [5.74, 6) is 8.63. The van der Waals surface area contributed by atoms with Gasteiger partial charge in [-0.15, -0.1) is 0 Å². The Balaban J connectivity index is 1.89. The van der Waals surface area contributed by atoms with E-state index in [0.717, 1.165) is 12.3 Å². The molecule has 1 fully saturated rings. The van der Waals surface area contributed by atoms with Crippen LogP contribution in [0.1, 0.15) is 16.8 Å². The number of amides is 1. The Morgan fingerprint density at radius 2 is 2.53 bits per heavy atom. The van der Waals surface area contributed by atoms with Gasteiger partial charge in [-0.3, -0.25) is 4.79 Å². The first-order chi connectivity index (χ1) is 8.29. The molecule has 1 aliphatic heterocycles. The number of aromatic nitrogens is 1. The molecule has 0 aromatic carbocycles. The summed E-state index contributed by atoms with van der Waals surface area (Å²) in [7, 11) is 0. The van der Waals surface area contributed by atoms with Gasteiger partial charge in [0, 0.05) is 18.3 Å². The van der Waals surface area contributed by atoms with Crippen LogP contribution in [0.25, 0.3) is 0 Å². The number of nitrogens with two attached hydrogens (primary N) is 1. The van der Waals surface area contributed by atoms with Crippen LogP contribution in [-0.2, 0) is 0 Å². The zero-order valence-corrected chi connectivity index (χ0v) is 10.3. The lowest BCUT2D eigenvalue weighted by Crippen LogP contribution is -2.29. The van der Waals surface area contributed by atoms with E-state index < -0.39 is 0 Å². The van der Waals surface area contributed by atoms with E-state index in [1.807, 2.05) is 11.8 Å². The number of nitrogens with zero attached hydrogens (tertiary/aromatic N) is 1. The lowest BCUT2D eigenvalue weighted by Gasteiger charge is -2.10. The SMILES string of the molecule is NNc1cc(C(=O)NCC2CCSC2)ccn1. The maximum absolute atomic E-state index is 11.9. The van der Waals surface area contributed by atoms with Crippen molar-refractivity contribution in [2.45, 2.75) is 6.42 Å². The number of hydrogen-bond acceptors (Lipinski definition) is 5. The summed E-state index contributed by atoms with van der Waals surface area (Å²) in [6.45, 7) is 0.750. The third-order valence-electron chi connectivity index (χ3n) is 2.75. The molecular weight excluding hydrogens is 236 g/mol. The normalized spacial score (nSPS) is 19.0. The average Bonchev–Trinajstić information content (AvgIpc) is 2.89. The minimum atomic E-state index is -0.0687. The average molecular weight is 252 g/mol. The van der Waals surface area contributed by atoms with Crippen LogP contribution >= 0.6 is 11.8 Å². The quantitative estimate of drug-likeness (QED) is 0.547. The van der Waals surface area contributed by atoms with E-state index in [1.54, 1.807) is 18.3 Å². The molecule has 0 radical (unpaired) electrons. The highest BCUT2D eigenvalue weighted by atomic mass is 32.2. The molecule has 0 aliphatic carbocycles. The Labute approximate surface area is 105 Å². The number of hydrazine groups is 1. The molecule has 92 valence electrons. The highest BCUT2D eigenvalue weighted by Gasteiger charge is 2.16. The number of hydrogen-bond donors (Lipinski definition) is 3. The maximum atomic E-state index is 11.9. The van der Waals surface area contributed by atoms with E-state index in [0.29, 0.717) is 17.3 Å². The topological polar surface area (TPSA) is 80.0 Å². The molecule has 1 atom stereocenters. The van der Waals surface area contributed by atoms with E-state index in [1.165, 1.54) is 12.2 Å². The minimum Gasteiger partial charge on any atom is -0.352 e. The molecule has 1 aliphatic rings. The molecule has 5 nitrogen and oxygen atoms in total. The van der Waals surface area contributed by atoms with Gasteiger partial charge in [-0.1, -0.05) is 0 Å². The van der Waals surface area contributed by atoms with Crippen LogP contribution in [0.4, 0.5) is 5.82 Å². The molecule has 6 heteroatoms. The monoisotopic (exact) mass is 252 g/mol. The third-order valence-corrected chi connectivity index (χ3v) is 3.98. The number of rotatable bonds is 4. The van der Waals surface area contributed by atoms with Crippen molar-refractivity contribution in [1.29, 1.82) is 0 Å². The third kappa shape index (κ3) is 3.34. The smallest absolute Gasteiger partial charge is 0.251 e. The van der Waals surface area contributed by atoms with Gasteiger partial charge in [0.05, 0.1) is 0 Å². The summed E-state index contributed by atoms with van der Waals surface area (Å²) < 4.78 is 0. The molecular formula is C11H16N4OS. The minimum absolute atomic E-state index is 0.0687. The number of anilines is 1. The maximum Gasteiger partial charge on any atom is 0.251 e. The van der Waals surface area contributed by atoms with Crippen molar-refractivity contribution in [3.63, 3.8) is 0 Å². The van der Waals surface area contributed by atoms with Crippen LogP contribution in [0.2, 0.25) is 0 Å². The van der Waals surface area contributed by atoms with Crippen molar-refractivity contribution in [2.75, 3.05) is 23.5 Å². The van der Waals surface area contributed by atoms with Gasteiger partial charge in [0.1, 0.15) is 5.82 Å². The molecule has 0 bridgehead atoms. The molecule has 0 saturated carbocycles. The van der Waals surface area contributed by atoms with Crippen LogP contribution in [-0.4, -0.2) is 28.9 Å². The second kappa shape index (κ2) is 5.88. The predicted molar refractivity (Wildman–Crippen MR) is 69.8 cm³/mol. The number of thioether (sulfide) groups is 1. The predicted octanol–water partition coefficient (Wildman–Crippen LogP) is 0.850. The zero-order chi connectivity index (χ0) is 12.1. The first kappa shape index (κ1) is 12.2. The zero-order valence-electron chi connectivity index (χ0n) is 9.48. The number of pyridine rings is 1. The van der Waals surface area contributed by atoms with E-state index in [-0.39, 0.29) is 5.91 Å². The number of nitrogens with one attached hydrogen (secondary N) is 2. The molecule has 17 heavy (non-hydrogen) atoms. The van der Waals surface area contributed by atoms with E-state index in [2.05, 4.69) is 15.7 Å². The Morgan fingerprint density at radius 3 is 3.24 bits per heavy atom. The Hall–Kier alpha value is -1.27. The summed E-state index contributed by atoms with van der Waals surface area (Å²) in [6, 6.07) is 3.32. The molecule has 1 amide bonds. The van der Waals surface area contributed by atoms with Crippen LogP contribution in [0, 0.1) is 5.92 Å². The molecule has 4 N–H and O–H groups in total. The summed E-state index contributed by atoms with van der Waals surface area (Å²) in [5.41, 5.74) is 3.01. The van der Waals surface area contributed by atoms with E-state index >= 15 is 0 Å². The summed E-state index contributed by atoms with van der Waals surface area (Å²) in [4.78, 5) is 15.8. The Kier molecular flexibility index (Phi) is 4.22. The molecule has 1 aromatic heterocycles. The molecule has 1 unspecified atom stereocenters. The van der Waals surface area contributed by atoms with Crippen LogP contribution in [0.5, 0.6) is 0 Å². The second-order valence-corrected chi connectivity index (χ2v) is 5.16. The first-order valence-corrected chi connectivity index (χ1v) is 6.73. The van der Waals surface area contributed by atoms with E-state index in [9.17, 15) is 4.79 Å². The van der Waals surface area contributed by atoms with Gasteiger partial charge in [-0.2, -0.15) is 11.8 Å². The molecule has 0 spiro atoms. The van der Waals surface area contributed by atoms with E-state index in [4.69, 9.17) is 5.84 Å². The molecule has 2 rings (SSSR count). The van der Waals surface area contributed by atoms with Crippen molar-refractivity contribution in [3.8, 4) is 0 Å². The molecule has 1 aromatic rings. The van der Waals surface area contributed by atoms with Crippen molar-refractivity contribution in [3.05, 3.63) is 23.9 Å². The van der Waals surface area contributed by atoms with Crippen LogP contribution < -0.4 is 16.6 Å². The summed E-state index contributed by atoms with van der Waals surface area (Å²) in [6.07, 6.45) is 2.76. The van der Waals surface area contributed by atoms with Gasteiger partial charge in [-0.05, 0) is 36.0 Å². The molecule has 1 saturated heterocycles. The number of carbonyl (C=O) groups excluding carboxylic acids is 1. The Morgan fingerprint density at radius 1 is 1.65 bits per heavy atom. The van der Waals surface area contributed by atoms with Crippen molar-refractivity contribution in [1.82, 2.24) is 10.3 Å². The van der Waals surface area contributed by atoms with Gasteiger partial charge in [0.15, 0.2) is 0 Å². The van der Waals surface area contributed by atoms with Crippen LogP contribution in [0.15, 0.2) is 18.3 Å². The largest absolute Gasteiger partial charge is 0.352 e. The fraction of sp³-hybridized carbons (Fsp3) is 0.455. The van der Waals surface area contributed by atoms with Crippen molar-refractivity contribution < 1.29 is 4.79 Å². The van der Waals surface area contributed by atoms with Crippen molar-refractivity contribution in [2.24, 2.45) is 11.8 Å². The summed E-state index contributed by atoms with van der Waals surface area (Å²) >= 11 is 1.95. The second-order valence-electron chi connectivity index (χ2n) is 4.01. The first-order valence-electron chi connectivity index (χ1n) is 5.58. The van der Waals surface area contributed by atoms with Gasteiger partial charge >= 0.3 is 0 Å². The van der Waals surface area contributed by atoms with Gasteiger partial charge in [-0.25, -0.2) is 10.8 Å². The van der Waals surface area contributed by atoms with Crippen LogP contribution in [0.3, 0.4) is 0 Å². The lowest BCUT2D eigenvalue weighted by molar-refractivity contribution is 0.0948. The number of nitrogen functional groups attached to an aromatic ring is 1. The van der Waals surface area contributed by atoms with Gasteiger partial charge in [0.2, 0.25) is 0 Å². The van der Waals surface area contributed by atoms with Gasteiger partial charge in [0.25, 0.3) is 5.91 Å². The summed E-state index contributed by atoms with van der Waals surface area (Å²) in [5, 5.41) is 2.94. The standard InChI is InChI=1S/C11H16N4OS/c12-15-10-5-9(1-3-13-10)11(16)14-6-8-2-4-17-7-8/h1,3,5,8H,2,4,6-7,12H2,(H,13,15)(H,14,16). The highest BCUT2D eigenvalue weighted by Crippen LogP contribution is 2.22. The van der Waals surface area contributed by atoms with Crippen molar-refractivity contribution >= 4 is 23.5 Å². The Bertz CT molecular complexity index is 393. The number of carbonyl (C=O) groups is 1. The highest BCUT2D eigenvalue weighted by molar-refractivity contribution is 7.99.